The number of amides is 1. The van der Waals surface area contributed by atoms with Crippen molar-refractivity contribution in [1.82, 2.24) is 15.3 Å². The monoisotopic (exact) mass is 489 g/mol. The van der Waals surface area contributed by atoms with Crippen LogP contribution in [-0.2, 0) is 20.6 Å². The van der Waals surface area contributed by atoms with E-state index in [1.54, 1.807) is 12.1 Å². The number of aromatic nitrogens is 2. The largest absolute Gasteiger partial charge is 0.475 e. The van der Waals surface area contributed by atoms with Crippen molar-refractivity contribution in [3.63, 3.8) is 0 Å². The number of aryl methyl sites for hydroxylation is 1. The van der Waals surface area contributed by atoms with Gasteiger partial charge in [0.25, 0.3) is 0 Å². The fourth-order valence-electron chi connectivity index (χ4n) is 5.39. The highest BCUT2D eigenvalue weighted by Gasteiger charge is 2.50. The van der Waals surface area contributed by atoms with Crippen molar-refractivity contribution >= 4 is 17.1 Å². The van der Waals surface area contributed by atoms with Crippen LogP contribution in [-0.4, -0.2) is 65.0 Å². The minimum Gasteiger partial charge on any atom is -0.475 e. The number of ether oxygens (including phenoxy) is 4. The van der Waals surface area contributed by atoms with Crippen molar-refractivity contribution in [2.45, 2.75) is 75.2 Å². The molecule has 1 amide bonds. The first-order chi connectivity index (χ1) is 17.0. The minimum absolute atomic E-state index is 0.173. The van der Waals surface area contributed by atoms with Gasteiger partial charge in [-0.3, -0.25) is 4.98 Å². The summed E-state index contributed by atoms with van der Waals surface area (Å²) in [6.45, 7) is 1.78. The fraction of sp³-hybridized carbons (Fsp3) is 0.640. The van der Waals surface area contributed by atoms with Gasteiger partial charge in [-0.05, 0) is 63.9 Å². The highest BCUT2D eigenvalue weighted by Crippen LogP contribution is 2.46. The Hall–Kier alpha value is -2.56. The van der Waals surface area contributed by atoms with Gasteiger partial charge in [0.1, 0.15) is 12.4 Å². The van der Waals surface area contributed by atoms with Crippen LogP contribution in [0.15, 0.2) is 18.3 Å². The molecule has 2 aromatic heterocycles. The molecular formula is C25H32FN3O6. The topological polar surface area (TPSA) is 112 Å². The van der Waals surface area contributed by atoms with E-state index in [-0.39, 0.29) is 11.9 Å². The van der Waals surface area contributed by atoms with Gasteiger partial charge in [0.15, 0.2) is 6.29 Å². The number of fused-ring (bicyclic) bond motifs is 4. The molecule has 10 heteroatoms. The van der Waals surface area contributed by atoms with Crippen LogP contribution in [0.25, 0.3) is 11.0 Å². The van der Waals surface area contributed by atoms with E-state index >= 15 is 0 Å². The second-order valence-electron chi connectivity index (χ2n) is 9.80. The third-order valence-corrected chi connectivity index (χ3v) is 7.49. The van der Waals surface area contributed by atoms with E-state index in [9.17, 15) is 9.18 Å². The zero-order chi connectivity index (χ0) is 24.3. The Morgan fingerprint density at radius 1 is 1.23 bits per heavy atom. The number of halogens is 1. The second kappa shape index (κ2) is 10.2. The van der Waals surface area contributed by atoms with Gasteiger partial charge in [-0.25, -0.2) is 14.2 Å². The third kappa shape index (κ3) is 5.49. The van der Waals surface area contributed by atoms with Crippen molar-refractivity contribution in [3.8, 4) is 5.88 Å². The Morgan fingerprint density at radius 3 is 2.80 bits per heavy atom. The Labute approximate surface area is 203 Å². The van der Waals surface area contributed by atoms with Crippen molar-refractivity contribution in [1.29, 1.82) is 0 Å². The van der Waals surface area contributed by atoms with Crippen LogP contribution in [0.2, 0.25) is 0 Å². The highest BCUT2D eigenvalue weighted by atomic mass is 19.1. The molecule has 4 fully saturated rings. The molecule has 0 spiro atoms. The van der Waals surface area contributed by atoms with Gasteiger partial charge in [-0.15, -0.1) is 0 Å². The van der Waals surface area contributed by atoms with Crippen LogP contribution in [0.3, 0.4) is 0 Å². The first-order valence-corrected chi connectivity index (χ1v) is 12.4. The van der Waals surface area contributed by atoms with Crippen molar-refractivity contribution < 1.29 is 33.2 Å². The van der Waals surface area contributed by atoms with Crippen molar-refractivity contribution in [2.75, 3.05) is 26.4 Å². The summed E-state index contributed by atoms with van der Waals surface area (Å²) in [6, 6.07) is 3.51. The molecule has 0 radical (unpaired) electrons. The SMILES string of the molecule is O=C(O)NC12CCC(CCc3c(F)cnc4ccc(OCCOC5CCCCO5)nc34)(CC1)OC2. The quantitative estimate of drug-likeness (QED) is 0.509. The van der Waals surface area contributed by atoms with Gasteiger partial charge < -0.3 is 29.4 Å². The zero-order valence-electron chi connectivity index (χ0n) is 19.8. The Kier molecular flexibility index (Phi) is 7.04. The average molecular weight is 490 g/mol. The molecule has 1 aliphatic carbocycles. The van der Waals surface area contributed by atoms with Crippen LogP contribution in [0.1, 0.15) is 56.9 Å². The van der Waals surface area contributed by atoms with Gasteiger partial charge >= 0.3 is 6.09 Å². The second-order valence-corrected chi connectivity index (χ2v) is 9.80. The van der Waals surface area contributed by atoms with E-state index < -0.39 is 17.4 Å². The molecule has 1 atom stereocenters. The standard InChI is InChI=1S/C25H32FN3O6/c26-18-15-27-19-4-5-20(32-13-14-34-21-3-1-2-12-33-21)28-22(19)17(18)6-7-25-10-8-24(9-11-25,16-35-25)29-23(30)31/h4-5,15,21,29H,1-3,6-14,16H2,(H,30,31). The maximum absolute atomic E-state index is 14.9. The summed E-state index contributed by atoms with van der Waals surface area (Å²) in [6.07, 6.45) is 7.12. The number of pyridine rings is 2. The molecule has 2 aromatic rings. The molecular weight excluding hydrogens is 457 g/mol. The van der Waals surface area contributed by atoms with Crippen molar-refractivity contribution in [2.24, 2.45) is 0 Å². The predicted octanol–water partition coefficient (Wildman–Crippen LogP) is 3.97. The van der Waals surface area contributed by atoms with Gasteiger partial charge in [-0.1, -0.05) is 0 Å². The molecule has 2 N–H and O–H groups in total. The number of carboxylic acid groups (broad SMARTS) is 1. The van der Waals surface area contributed by atoms with Gasteiger partial charge in [0.2, 0.25) is 5.88 Å². The van der Waals surface area contributed by atoms with E-state index in [0.29, 0.717) is 55.1 Å². The number of carbonyl (C=O) groups is 1. The number of hydrogen-bond acceptors (Lipinski definition) is 7. The first-order valence-electron chi connectivity index (χ1n) is 12.4. The third-order valence-electron chi connectivity index (χ3n) is 7.49. The Morgan fingerprint density at radius 2 is 2.09 bits per heavy atom. The maximum Gasteiger partial charge on any atom is 0.405 e. The molecule has 190 valence electrons. The number of nitrogens with one attached hydrogen (secondary N) is 1. The molecule has 35 heavy (non-hydrogen) atoms. The smallest absolute Gasteiger partial charge is 0.405 e. The lowest BCUT2D eigenvalue weighted by Crippen LogP contribution is -2.62. The number of rotatable bonds is 9. The van der Waals surface area contributed by atoms with E-state index in [0.717, 1.165) is 51.6 Å². The summed E-state index contributed by atoms with van der Waals surface area (Å²) in [5, 5.41) is 11.8. The highest BCUT2D eigenvalue weighted by molar-refractivity contribution is 5.78. The van der Waals surface area contributed by atoms with E-state index in [2.05, 4.69) is 15.3 Å². The summed E-state index contributed by atoms with van der Waals surface area (Å²) in [7, 11) is 0. The van der Waals surface area contributed by atoms with Gasteiger partial charge in [-0.2, -0.15) is 0 Å². The average Bonchev–Trinajstić information content (AvgIpc) is 2.87. The molecule has 3 aliphatic heterocycles. The van der Waals surface area contributed by atoms with Gasteiger partial charge in [0.05, 0.1) is 41.6 Å². The van der Waals surface area contributed by atoms with Gasteiger partial charge in [0, 0.05) is 18.2 Å². The lowest BCUT2D eigenvalue weighted by molar-refractivity contribution is -0.165. The lowest BCUT2D eigenvalue weighted by Gasteiger charge is -2.53. The van der Waals surface area contributed by atoms with Crippen LogP contribution < -0.4 is 10.1 Å². The van der Waals surface area contributed by atoms with E-state index in [4.69, 9.17) is 24.1 Å². The zero-order valence-corrected chi connectivity index (χ0v) is 19.8. The molecule has 1 saturated carbocycles. The van der Waals surface area contributed by atoms with Crippen LogP contribution in [0, 0.1) is 5.82 Å². The summed E-state index contributed by atoms with van der Waals surface area (Å²) in [4.78, 5) is 19.9. The molecule has 4 aliphatic rings. The summed E-state index contributed by atoms with van der Waals surface area (Å²) in [5.41, 5.74) is 0.732. The van der Waals surface area contributed by atoms with Crippen LogP contribution >= 0.6 is 0 Å². The molecule has 5 heterocycles. The first kappa shape index (κ1) is 24.1. The molecule has 6 rings (SSSR count). The maximum atomic E-state index is 14.9. The molecule has 3 saturated heterocycles. The Balaban J connectivity index is 1.22. The van der Waals surface area contributed by atoms with E-state index in [1.807, 2.05) is 0 Å². The number of hydrogen-bond donors (Lipinski definition) is 2. The molecule has 9 nitrogen and oxygen atoms in total. The Bertz CT molecular complexity index is 1040. The molecule has 0 aromatic carbocycles. The normalized spacial score (nSPS) is 28.2. The van der Waals surface area contributed by atoms with Crippen molar-refractivity contribution in [3.05, 3.63) is 29.7 Å². The summed E-state index contributed by atoms with van der Waals surface area (Å²) >= 11 is 0. The van der Waals surface area contributed by atoms with Crippen LogP contribution in [0.4, 0.5) is 9.18 Å². The van der Waals surface area contributed by atoms with Crippen LogP contribution in [0.5, 0.6) is 5.88 Å². The molecule has 2 bridgehead atoms. The molecule has 1 unspecified atom stereocenters. The predicted molar refractivity (Wildman–Crippen MR) is 124 cm³/mol. The lowest BCUT2D eigenvalue weighted by atomic mass is 9.69. The number of nitrogens with zero attached hydrogens (tertiary/aromatic N) is 2. The fourth-order valence-corrected chi connectivity index (χ4v) is 5.39. The summed E-state index contributed by atoms with van der Waals surface area (Å²) in [5.74, 6) is -0.00146. The van der Waals surface area contributed by atoms with E-state index in [1.165, 1.54) is 6.20 Å². The minimum atomic E-state index is -1.02. The summed E-state index contributed by atoms with van der Waals surface area (Å²) < 4.78 is 38.0.